The zero-order valence-corrected chi connectivity index (χ0v) is 19.0. The van der Waals surface area contributed by atoms with Gasteiger partial charge in [0.15, 0.2) is 0 Å². The van der Waals surface area contributed by atoms with Crippen molar-refractivity contribution in [3.05, 3.63) is 47.5 Å². The predicted molar refractivity (Wildman–Crippen MR) is 121 cm³/mol. The number of amides is 1. The van der Waals surface area contributed by atoms with Crippen LogP contribution in [0.4, 0.5) is 11.4 Å². The van der Waals surface area contributed by atoms with E-state index in [1.807, 2.05) is 24.3 Å². The number of rotatable bonds is 10. The summed E-state index contributed by atoms with van der Waals surface area (Å²) >= 11 is 7.78. The first kappa shape index (κ1) is 23.4. The van der Waals surface area contributed by atoms with E-state index in [9.17, 15) is 13.2 Å². The first-order valence-corrected chi connectivity index (χ1v) is 12.3. The maximum atomic E-state index is 12.3. The van der Waals surface area contributed by atoms with Gasteiger partial charge in [-0.15, -0.1) is 11.8 Å². The van der Waals surface area contributed by atoms with Gasteiger partial charge in [-0.1, -0.05) is 30.7 Å². The SMILES string of the molecule is CCSc1ccccc1NC(=O)CCCN(c1ccc(OC)c(Cl)c1)S(C)(=O)=O. The average Bonchev–Trinajstić information content (AvgIpc) is 2.66. The van der Waals surface area contributed by atoms with Crippen LogP contribution in [0, 0.1) is 0 Å². The molecule has 0 atom stereocenters. The number of hydrogen-bond acceptors (Lipinski definition) is 5. The van der Waals surface area contributed by atoms with Crippen molar-refractivity contribution in [2.75, 3.05) is 35.3 Å². The van der Waals surface area contributed by atoms with Crippen LogP contribution in [0.15, 0.2) is 47.4 Å². The lowest BCUT2D eigenvalue weighted by molar-refractivity contribution is -0.116. The highest BCUT2D eigenvalue weighted by atomic mass is 35.5. The molecule has 0 aliphatic heterocycles. The van der Waals surface area contributed by atoms with E-state index in [0.717, 1.165) is 22.6 Å². The Morgan fingerprint density at radius 1 is 1.24 bits per heavy atom. The van der Waals surface area contributed by atoms with Crippen molar-refractivity contribution in [2.24, 2.45) is 0 Å². The number of ether oxygens (including phenoxy) is 1. The molecular weight excluding hydrogens is 432 g/mol. The molecule has 2 rings (SSSR count). The third-order valence-corrected chi connectivity index (χ3v) is 6.49. The molecule has 0 aliphatic carbocycles. The minimum absolute atomic E-state index is 0.157. The first-order valence-electron chi connectivity index (χ1n) is 9.09. The fourth-order valence-corrected chi connectivity index (χ4v) is 4.71. The number of carbonyl (C=O) groups excluding carboxylic acids is 1. The second-order valence-corrected chi connectivity index (χ2v) is 9.85. The molecule has 2 aromatic rings. The molecule has 0 spiro atoms. The summed E-state index contributed by atoms with van der Waals surface area (Å²) < 4.78 is 30.8. The molecule has 0 heterocycles. The van der Waals surface area contributed by atoms with Crippen LogP contribution in [0.5, 0.6) is 5.75 Å². The number of benzene rings is 2. The zero-order valence-electron chi connectivity index (χ0n) is 16.6. The van der Waals surface area contributed by atoms with E-state index in [4.69, 9.17) is 16.3 Å². The number of nitrogens with zero attached hydrogens (tertiary/aromatic N) is 1. The standard InChI is InChI=1S/C20H25ClN2O4S2/c1-4-28-19-9-6-5-8-17(19)22-20(24)10-7-13-23(29(3,25)26)15-11-12-18(27-2)16(21)14-15/h5-6,8-9,11-12,14H,4,7,10,13H2,1-3H3,(H,22,24). The summed E-state index contributed by atoms with van der Waals surface area (Å²) in [6.45, 7) is 2.22. The number of hydrogen-bond donors (Lipinski definition) is 1. The quantitative estimate of drug-likeness (QED) is 0.527. The fraction of sp³-hybridized carbons (Fsp3) is 0.350. The van der Waals surface area contributed by atoms with Crippen molar-refractivity contribution in [3.63, 3.8) is 0 Å². The van der Waals surface area contributed by atoms with Gasteiger partial charge in [-0.3, -0.25) is 9.10 Å². The third kappa shape index (κ3) is 6.83. The Morgan fingerprint density at radius 2 is 1.97 bits per heavy atom. The van der Waals surface area contributed by atoms with E-state index in [-0.39, 0.29) is 18.9 Å². The smallest absolute Gasteiger partial charge is 0.232 e. The van der Waals surface area contributed by atoms with Crippen LogP contribution >= 0.6 is 23.4 Å². The van der Waals surface area contributed by atoms with E-state index < -0.39 is 10.0 Å². The molecule has 0 aromatic heterocycles. The molecule has 0 saturated carbocycles. The number of nitrogens with one attached hydrogen (secondary N) is 1. The molecule has 1 amide bonds. The Labute approximate surface area is 181 Å². The molecule has 0 unspecified atom stereocenters. The molecule has 158 valence electrons. The van der Waals surface area contributed by atoms with Crippen molar-refractivity contribution in [3.8, 4) is 5.75 Å². The number of methoxy groups -OCH3 is 1. The Hall–Kier alpha value is -1.90. The third-order valence-electron chi connectivity index (χ3n) is 4.05. The van der Waals surface area contributed by atoms with Crippen LogP contribution in [0.3, 0.4) is 0 Å². The Morgan fingerprint density at radius 3 is 2.59 bits per heavy atom. The summed E-state index contributed by atoms with van der Waals surface area (Å²) in [5.74, 6) is 1.21. The molecule has 0 bridgehead atoms. The van der Waals surface area contributed by atoms with Gasteiger partial charge in [0.25, 0.3) is 0 Å². The first-order chi connectivity index (χ1) is 13.8. The molecule has 0 aliphatic rings. The fourth-order valence-electron chi connectivity index (χ4n) is 2.74. The minimum atomic E-state index is -3.53. The molecule has 0 fully saturated rings. The lowest BCUT2D eigenvalue weighted by atomic mass is 10.2. The van der Waals surface area contributed by atoms with Crippen molar-refractivity contribution in [2.45, 2.75) is 24.7 Å². The van der Waals surface area contributed by atoms with Crippen LogP contribution in [0.25, 0.3) is 0 Å². The molecule has 0 saturated heterocycles. The van der Waals surface area contributed by atoms with Crippen molar-refractivity contribution in [1.29, 1.82) is 0 Å². The maximum absolute atomic E-state index is 12.3. The van der Waals surface area contributed by atoms with E-state index in [2.05, 4.69) is 12.2 Å². The monoisotopic (exact) mass is 456 g/mol. The summed E-state index contributed by atoms with van der Waals surface area (Å²) in [6, 6.07) is 12.4. The van der Waals surface area contributed by atoms with Gasteiger partial charge in [-0.05, 0) is 42.5 Å². The van der Waals surface area contributed by atoms with E-state index in [1.54, 1.807) is 30.0 Å². The largest absolute Gasteiger partial charge is 0.495 e. The summed E-state index contributed by atoms with van der Waals surface area (Å²) in [6.07, 6.45) is 1.69. The number of carbonyl (C=O) groups is 1. The Balaban J connectivity index is 2.02. The topological polar surface area (TPSA) is 75.7 Å². The second kappa shape index (κ2) is 10.8. The molecule has 29 heavy (non-hydrogen) atoms. The highest BCUT2D eigenvalue weighted by molar-refractivity contribution is 7.99. The van der Waals surface area contributed by atoms with E-state index >= 15 is 0 Å². The Kier molecular flexibility index (Phi) is 8.67. The van der Waals surface area contributed by atoms with Crippen molar-refractivity contribution >= 4 is 50.7 Å². The number of sulfonamides is 1. The van der Waals surface area contributed by atoms with Gasteiger partial charge in [0.05, 0.1) is 29.8 Å². The van der Waals surface area contributed by atoms with Crippen LogP contribution < -0.4 is 14.4 Å². The van der Waals surface area contributed by atoms with Crippen LogP contribution in [0.2, 0.25) is 5.02 Å². The molecule has 0 radical (unpaired) electrons. The van der Waals surface area contributed by atoms with Crippen LogP contribution in [-0.4, -0.2) is 40.0 Å². The van der Waals surface area contributed by atoms with Gasteiger partial charge < -0.3 is 10.1 Å². The lowest BCUT2D eigenvalue weighted by Crippen LogP contribution is -2.31. The van der Waals surface area contributed by atoms with Crippen molar-refractivity contribution in [1.82, 2.24) is 0 Å². The van der Waals surface area contributed by atoms with Gasteiger partial charge >= 0.3 is 0 Å². The molecule has 2 aromatic carbocycles. The van der Waals surface area contributed by atoms with Crippen LogP contribution in [0.1, 0.15) is 19.8 Å². The van der Waals surface area contributed by atoms with E-state index in [0.29, 0.717) is 22.9 Å². The second-order valence-electron chi connectivity index (χ2n) is 6.23. The van der Waals surface area contributed by atoms with Gasteiger partial charge in [0, 0.05) is 17.9 Å². The minimum Gasteiger partial charge on any atom is -0.495 e. The average molecular weight is 457 g/mol. The molecule has 1 N–H and O–H groups in total. The van der Waals surface area contributed by atoms with Gasteiger partial charge in [0.2, 0.25) is 15.9 Å². The number of anilines is 2. The summed E-state index contributed by atoms with van der Waals surface area (Å²) in [4.78, 5) is 13.4. The molecular formula is C20H25ClN2O4S2. The van der Waals surface area contributed by atoms with Gasteiger partial charge in [-0.2, -0.15) is 0 Å². The predicted octanol–water partition coefficient (Wildman–Crippen LogP) is 4.65. The Bertz CT molecular complexity index is 951. The number of thioether (sulfide) groups is 1. The molecule has 6 nitrogen and oxygen atoms in total. The number of halogens is 1. The summed E-state index contributed by atoms with van der Waals surface area (Å²) in [5, 5.41) is 3.23. The van der Waals surface area contributed by atoms with Gasteiger partial charge in [0.1, 0.15) is 5.75 Å². The van der Waals surface area contributed by atoms with E-state index in [1.165, 1.54) is 11.4 Å². The number of para-hydroxylation sites is 1. The van der Waals surface area contributed by atoms with Gasteiger partial charge in [-0.25, -0.2) is 8.42 Å². The van der Waals surface area contributed by atoms with Crippen LogP contribution in [-0.2, 0) is 14.8 Å². The lowest BCUT2D eigenvalue weighted by Gasteiger charge is -2.23. The summed E-state index contributed by atoms with van der Waals surface area (Å²) in [7, 11) is -2.04. The van der Waals surface area contributed by atoms with Crippen molar-refractivity contribution < 1.29 is 17.9 Å². The summed E-state index contributed by atoms with van der Waals surface area (Å²) in [5.41, 5.74) is 1.20. The maximum Gasteiger partial charge on any atom is 0.232 e. The normalized spacial score (nSPS) is 11.2. The molecule has 9 heteroatoms. The highest BCUT2D eigenvalue weighted by Crippen LogP contribution is 2.30. The zero-order chi connectivity index (χ0) is 21.4. The highest BCUT2D eigenvalue weighted by Gasteiger charge is 2.19.